The Hall–Kier alpha value is -2.80. The Labute approximate surface area is 158 Å². The summed E-state index contributed by atoms with van der Waals surface area (Å²) in [6, 6.07) is 3.72. The van der Waals surface area contributed by atoms with Crippen LogP contribution >= 0.6 is 0 Å². The van der Waals surface area contributed by atoms with Gasteiger partial charge in [0, 0.05) is 61.8 Å². The molecule has 140 valence electrons. The lowest BCUT2D eigenvalue weighted by atomic mass is 10.0. The molecule has 0 aliphatic carbocycles. The zero-order valence-corrected chi connectivity index (χ0v) is 16.0. The van der Waals surface area contributed by atoms with Crippen molar-refractivity contribution in [2.45, 2.75) is 46.8 Å². The van der Waals surface area contributed by atoms with Gasteiger partial charge in [-0.15, -0.1) is 0 Å². The fourth-order valence-electron chi connectivity index (χ4n) is 3.76. The number of hydrogen-bond donors (Lipinski definition) is 1. The van der Waals surface area contributed by atoms with Crippen LogP contribution in [0.25, 0.3) is 11.4 Å². The number of rotatable bonds is 4. The molecule has 1 aliphatic rings. The highest BCUT2D eigenvalue weighted by Crippen LogP contribution is 2.22. The molecule has 4 rings (SSSR count). The highest BCUT2D eigenvalue weighted by molar-refractivity contribution is 5.54. The Kier molecular flexibility index (Phi) is 4.61. The molecule has 27 heavy (non-hydrogen) atoms. The van der Waals surface area contributed by atoms with Crippen LogP contribution in [0.4, 0.5) is 0 Å². The summed E-state index contributed by atoms with van der Waals surface area (Å²) < 4.78 is 2.04. The van der Waals surface area contributed by atoms with E-state index in [4.69, 9.17) is 4.98 Å². The van der Waals surface area contributed by atoms with Gasteiger partial charge in [0.05, 0.1) is 17.0 Å². The van der Waals surface area contributed by atoms with E-state index < -0.39 is 0 Å². The van der Waals surface area contributed by atoms with E-state index in [9.17, 15) is 4.79 Å². The van der Waals surface area contributed by atoms with Crippen LogP contribution in [0.3, 0.4) is 0 Å². The van der Waals surface area contributed by atoms with Gasteiger partial charge >= 0.3 is 0 Å². The average Bonchev–Trinajstić information content (AvgIpc) is 2.96. The summed E-state index contributed by atoms with van der Waals surface area (Å²) in [6.45, 7) is 9.46. The lowest BCUT2D eigenvalue weighted by Gasteiger charge is -2.27. The lowest BCUT2D eigenvalue weighted by molar-refractivity contribution is 0.241. The monoisotopic (exact) mass is 364 g/mol. The highest BCUT2D eigenvalue weighted by atomic mass is 16.1. The minimum absolute atomic E-state index is 0.0470. The molecule has 0 spiro atoms. The summed E-state index contributed by atoms with van der Waals surface area (Å²) in [5.74, 6) is 0.616. The first-order chi connectivity index (χ1) is 13.1. The predicted octanol–water partition coefficient (Wildman–Crippen LogP) is 2.22. The highest BCUT2D eigenvalue weighted by Gasteiger charge is 2.23. The number of aromatic amines is 1. The van der Waals surface area contributed by atoms with E-state index in [1.165, 1.54) is 11.3 Å². The normalized spacial score (nSPS) is 14.3. The molecule has 0 atom stereocenters. The molecule has 7 nitrogen and oxygen atoms in total. The van der Waals surface area contributed by atoms with Gasteiger partial charge in [-0.25, -0.2) is 4.98 Å². The van der Waals surface area contributed by atoms with E-state index in [1.807, 2.05) is 16.8 Å². The molecule has 0 saturated carbocycles. The number of aromatic nitrogens is 5. The minimum Gasteiger partial charge on any atom is -0.306 e. The summed E-state index contributed by atoms with van der Waals surface area (Å²) in [4.78, 5) is 26.7. The number of hydrogen-bond acceptors (Lipinski definition) is 5. The molecule has 1 N–H and O–H groups in total. The smallest absolute Gasteiger partial charge is 0.255 e. The van der Waals surface area contributed by atoms with Gasteiger partial charge < -0.3 is 4.98 Å². The number of nitrogens with one attached hydrogen (secondary N) is 1. The number of pyridine rings is 1. The molecule has 1 aliphatic heterocycles. The largest absolute Gasteiger partial charge is 0.306 e. The Balaban J connectivity index is 1.59. The molecule has 0 bridgehead atoms. The van der Waals surface area contributed by atoms with E-state index in [-0.39, 0.29) is 5.56 Å². The van der Waals surface area contributed by atoms with E-state index in [0.717, 1.165) is 48.6 Å². The first-order valence-corrected chi connectivity index (χ1v) is 9.34. The van der Waals surface area contributed by atoms with Crippen molar-refractivity contribution in [1.82, 2.24) is 29.6 Å². The first kappa shape index (κ1) is 17.6. The minimum atomic E-state index is -0.0470. The van der Waals surface area contributed by atoms with E-state index in [1.54, 1.807) is 12.4 Å². The van der Waals surface area contributed by atoms with Crippen LogP contribution in [0.2, 0.25) is 0 Å². The molecule has 0 radical (unpaired) electrons. The fourth-order valence-corrected chi connectivity index (χ4v) is 3.76. The molecule has 3 aromatic rings. The number of H-pyrrole nitrogens is 1. The maximum absolute atomic E-state index is 12.7. The van der Waals surface area contributed by atoms with Gasteiger partial charge in [0.2, 0.25) is 0 Å². The quantitative estimate of drug-likeness (QED) is 0.768. The molecule has 7 heteroatoms. The van der Waals surface area contributed by atoms with Crippen LogP contribution in [-0.2, 0) is 26.1 Å². The van der Waals surface area contributed by atoms with Gasteiger partial charge in [-0.1, -0.05) is 0 Å². The fraction of sp³-hybridized carbons (Fsp3) is 0.400. The van der Waals surface area contributed by atoms with Gasteiger partial charge in [-0.2, -0.15) is 5.10 Å². The second-order valence-electron chi connectivity index (χ2n) is 7.00. The molecule has 0 amide bonds. The molecule has 0 saturated heterocycles. The second-order valence-corrected chi connectivity index (χ2v) is 7.00. The molecular formula is C20H24N6O. The number of nitrogens with zero attached hydrogens (tertiary/aromatic N) is 5. The SMILES string of the molecule is CCn1nc(C)c(CN2CCc3nc(-c4ccncc4)[nH]c(=O)c3C2)c1C. The third-order valence-corrected chi connectivity index (χ3v) is 5.31. The Morgan fingerprint density at radius 3 is 2.70 bits per heavy atom. The zero-order valence-electron chi connectivity index (χ0n) is 16.0. The van der Waals surface area contributed by atoms with Gasteiger partial charge in [-0.3, -0.25) is 19.4 Å². The van der Waals surface area contributed by atoms with Gasteiger partial charge in [0.1, 0.15) is 5.82 Å². The van der Waals surface area contributed by atoms with Crippen molar-refractivity contribution in [2.75, 3.05) is 6.54 Å². The Morgan fingerprint density at radius 1 is 1.22 bits per heavy atom. The zero-order chi connectivity index (χ0) is 19.0. The second kappa shape index (κ2) is 7.08. The molecule has 0 aromatic carbocycles. The van der Waals surface area contributed by atoms with E-state index >= 15 is 0 Å². The summed E-state index contributed by atoms with van der Waals surface area (Å²) in [7, 11) is 0. The van der Waals surface area contributed by atoms with Crippen molar-refractivity contribution in [2.24, 2.45) is 0 Å². The lowest BCUT2D eigenvalue weighted by Crippen LogP contribution is -2.35. The van der Waals surface area contributed by atoms with Crippen LogP contribution < -0.4 is 5.56 Å². The summed E-state index contributed by atoms with van der Waals surface area (Å²) in [5, 5.41) is 4.61. The average molecular weight is 364 g/mol. The van der Waals surface area contributed by atoms with Gasteiger partial charge in [-0.05, 0) is 32.9 Å². The van der Waals surface area contributed by atoms with Gasteiger partial charge in [0.15, 0.2) is 0 Å². The maximum atomic E-state index is 12.7. The topological polar surface area (TPSA) is 79.7 Å². The predicted molar refractivity (Wildman–Crippen MR) is 103 cm³/mol. The standard InChI is InChI=1S/C20H24N6O/c1-4-26-14(3)16(13(2)24-26)11-25-10-7-18-17(12-25)20(27)23-19(22-18)15-5-8-21-9-6-15/h5-6,8-9H,4,7,10-12H2,1-3H3,(H,22,23,27). The van der Waals surface area contributed by atoms with Gasteiger partial charge in [0.25, 0.3) is 5.56 Å². The summed E-state index contributed by atoms with van der Waals surface area (Å²) in [6.07, 6.45) is 4.19. The third kappa shape index (κ3) is 3.30. The van der Waals surface area contributed by atoms with Crippen molar-refractivity contribution in [3.05, 3.63) is 63.1 Å². The van der Waals surface area contributed by atoms with Crippen molar-refractivity contribution in [3.8, 4) is 11.4 Å². The van der Waals surface area contributed by atoms with Crippen molar-refractivity contribution in [3.63, 3.8) is 0 Å². The molecule has 4 heterocycles. The molecule has 0 unspecified atom stereocenters. The van der Waals surface area contributed by atoms with E-state index in [2.05, 4.69) is 40.7 Å². The van der Waals surface area contributed by atoms with Crippen LogP contribution in [-0.4, -0.2) is 36.2 Å². The van der Waals surface area contributed by atoms with Crippen molar-refractivity contribution < 1.29 is 0 Å². The molecular weight excluding hydrogens is 340 g/mol. The van der Waals surface area contributed by atoms with Crippen LogP contribution in [0.1, 0.15) is 35.1 Å². The Morgan fingerprint density at radius 2 is 2.00 bits per heavy atom. The summed E-state index contributed by atoms with van der Waals surface area (Å²) >= 11 is 0. The van der Waals surface area contributed by atoms with Crippen molar-refractivity contribution >= 4 is 0 Å². The number of fused-ring (bicyclic) bond motifs is 1. The van der Waals surface area contributed by atoms with Crippen molar-refractivity contribution in [1.29, 1.82) is 0 Å². The molecule has 3 aromatic heterocycles. The Bertz CT molecular complexity index is 1020. The maximum Gasteiger partial charge on any atom is 0.255 e. The van der Waals surface area contributed by atoms with E-state index in [0.29, 0.717) is 12.4 Å². The van der Waals surface area contributed by atoms with Crippen LogP contribution in [0, 0.1) is 13.8 Å². The van der Waals surface area contributed by atoms with Crippen LogP contribution in [0.5, 0.6) is 0 Å². The molecule has 0 fully saturated rings. The third-order valence-electron chi connectivity index (χ3n) is 5.31. The van der Waals surface area contributed by atoms with Crippen LogP contribution in [0.15, 0.2) is 29.3 Å². The number of aryl methyl sites for hydroxylation is 2. The summed E-state index contributed by atoms with van der Waals surface area (Å²) in [5.41, 5.74) is 6.05. The first-order valence-electron chi connectivity index (χ1n) is 9.34.